The first-order chi connectivity index (χ1) is 17.5. The Hall–Kier alpha value is -3.44. The highest BCUT2D eigenvalue weighted by atomic mass is 35.5. The molecule has 2 aliphatic carbocycles. The van der Waals surface area contributed by atoms with Crippen molar-refractivity contribution in [1.29, 1.82) is 10.5 Å². The summed E-state index contributed by atoms with van der Waals surface area (Å²) in [6.07, 6.45) is 7.50. The number of aliphatic hydroxyl groups excluding tert-OH is 1. The number of hydrogen-bond acceptors (Lipinski definition) is 9. The van der Waals surface area contributed by atoms with E-state index in [-0.39, 0.29) is 18.0 Å². The minimum absolute atomic E-state index is 0.220. The number of likely N-dealkylation sites (tertiary alicyclic amines) is 1. The average molecular weight is 504 g/mol. The van der Waals surface area contributed by atoms with Crippen LogP contribution in [0.25, 0.3) is 5.65 Å². The number of benzene rings is 1. The number of nitriles is 2. The Morgan fingerprint density at radius 1 is 1.11 bits per heavy atom. The number of nitrogens with zero attached hydrogens (tertiary/aromatic N) is 7. The molecule has 2 atom stereocenters. The molecule has 10 nitrogen and oxygen atoms in total. The molecule has 0 unspecified atom stereocenters. The summed E-state index contributed by atoms with van der Waals surface area (Å²) in [5.41, 5.74) is 2.81. The van der Waals surface area contributed by atoms with E-state index in [9.17, 15) is 15.6 Å². The zero-order valence-corrected chi connectivity index (χ0v) is 20.4. The predicted molar refractivity (Wildman–Crippen MR) is 134 cm³/mol. The summed E-state index contributed by atoms with van der Waals surface area (Å²) in [7, 11) is 0. The Kier molecular flexibility index (Phi) is 5.88. The van der Waals surface area contributed by atoms with Crippen LogP contribution in [0.5, 0.6) is 0 Å². The number of fused-ring (bicyclic) bond motifs is 1. The first-order valence-electron chi connectivity index (χ1n) is 12.4. The van der Waals surface area contributed by atoms with E-state index in [0.29, 0.717) is 45.5 Å². The van der Waals surface area contributed by atoms with Gasteiger partial charge in [0.15, 0.2) is 17.2 Å². The molecule has 3 fully saturated rings. The number of β-amino-alcohol motifs (C(OH)–C–C–N with tert-alkyl or cyclic N) is 1. The largest absolute Gasteiger partial charge is 0.390 e. The molecule has 6 rings (SSSR count). The molecule has 3 aliphatic rings. The molecule has 2 aromatic heterocycles. The second-order valence-corrected chi connectivity index (χ2v) is 10.4. The fraction of sp³-hybridized carbons (Fsp3) is 0.480. The van der Waals surface area contributed by atoms with Gasteiger partial charge >= 0.3 is 0 Å². The van der Waals surface area contributed by atoms with E-state index in [1.807, 2.05) is 6.07 Å². The van der Waals surface area contributed by atoms with E-state index >= 15 is 0 Å². The fourth-order valence-corrected chi connectivity index (χ4v) is 5.62. The molecule has 36 heavy (non-hydrogen) atoms. The van der Waals surface area contributed by atoms with Gasteiger partial charge in [-0.15, -0.1) is 5.10 Å². The number of rotatable bonds is 6. The van der Waals surface area contributed by atoms with Crippen LogP contribution in [0.3, 0.4) is 0 Å². The summed E-state index contributed by atoms with van der Waals surface area (Å²) in [4.78, 5) is 11.3. The Labute approximate surface area is 213 Å². The molecule has 3 N–H and O–H groups in total. The van der Waals surface area contributed by atoms with Gasteiger partial charge in [0.1, 0.15) is 6.07 Å². The molecule has 3 aromatic rings. The maximum atomic E-state index is 9.74. The summed E-state index contributed by atoms with van der Waals surface area (Å²) in [6.45, 7) is 1.46. The molecule has 0 amide bonds. The topological polar surface area (TPSA) is 138 Å². The second kappa shape index (κ2) is 9.21. The van der Waals surface area contributed by atoms with Crippen molar-refractivity contribution in [3.8, 4) is 12.1 Å². The van der Waals surface area contributed by atoms with Gasteiger partial charge in [-0.1, -0.05) is 18.0 Å². The van der Waals surface area contributed by atoms with Crippen LogP contribution in [0.15, 0.2) is 18.3 Å². The summed E-state index contributed by atoms with van der Waals surface area (Å²) >= 11 is 6.94. The van der Waals surface area contributed by atoms with E-state index in [0.717, 1.165) is 57.2 Å². The zero-order valence-electron chi connectivity index (χ0n) is 19.7. The predicted octanol–water partition coefficient (Wildman–Crippen LogP) is 3.54. The van der Waals surface area contributed by atoms with Crippen LogP contribution in [0, 0.1) is 22.7 Å². The maximum absolute atomic E-state index is 9.74. The molecule has 3 heterocycles. The lowest BCUT2D eigenvalue weighted by atomic mass is 9.79. The first-order valence-corrected chi connectivity index (χ1v) is 12.7. The van der Waals surface area contributed by atoms with E-state index in [4.69, 9.17) is 11.6 Å². The summed E-state index contributed by atoms with van der Waals surface area (Å²) in [5, 5.41) is 40.6. The normalized spacial score (nSPS) is 22.6. The van der Waals surface area contributed by atoms with Crippen LogP contribution in [0.1, 0.15) is 61.3 Å². The van der Waals surface area contributed by atoms with Gasteiger partial charge in [0.05, 0.1) is 34.6 Å². The molecule has 0 bridgehead atoms. The van der Waals surface area contributed by atoms with Crippen molar-refractivity contribution in [2.24, 2.45) is 0 Å². The number of aliphatic hydroxyl groups is 1. The lowest BCUT2D eigenvalue weighted by Gasteiger charge is -2.45. The van der Waals surface area contributed by atoms with Crippen molar-refractivity contribution in [1.82, 2.24) is 24.5 Å². The van der Waals surface area contributed by atoms with Crippen molar-refractivity contribution in [3.05, 3.63) is 40.2 Å². The van der Waals surface area contributed by atoms with Crippen molar-refractivity contribution in [2.45, 2.75) is 62.6 Å². The Morgan fingerprint density at radius 2 is 1.94 bits per heavy atom. The van der Waals surface area contributed by atoms with Gasteiger partial charge in [0, 0.05) is 25.2 Å². The molecule has 2 saturated carbocycles. The molecular formula is C25H26ClN9O. The van der Waals surface area contributed by atoms with E-state index in [1.54, 1.807) is 6.07 Å². The zero-order chi connectivity index (χ0) is 24.8. The number of aromatic nitrogens is 4. The van der Waals surface area contributed by atoms with Crippen LogP contribution in [0.4, 0.5) is 17.5 Å². The van der Waals surface area contributed by atoms with Crippen LogP contribution in [-0.2, 0) is 0 Å². The van der Waals surface area contributed by atoms with Crippen molar-refractivity contribution >= 4 is 34.7 Å². The highest BCUT2D eigenvalue weighted by Crippen LogP contribution is 2.42. The number of halogens is 1. The van der Waals surface area contributed by atoms with Crippen LogP contribution < -0.4 is 10.6 Å². The lowest BCUT2D eigenvalue weighted by molar-refractivity contribution is -0.0350. The molecule has 184 valence electrons. The van der Waals surface area contributed by atoms with Gasteiger partial charge in [-0.3, -0.25) is 4.90 Å². The number of hydrogen-bond donors (Lipinski definition) is 3. The molecule has 1 aromatic carbocycles. The van der Waals surface area contributed by atoms with E-state index < -0.39 is 0 Å². The highest BCUT2D eigenvalue weighted by molar-refractivity contribution is 6.34. The smallest absolute Gasteiger partial charge is 0.247 e. The Bertz CT molecular complexity index is 1400. The highest BCUT2D eigenvalue weighted by Gasteiger charge is 2.35. The van der Waals surface area contributed by atoms with Crippen LogP contribution >= 0.6 is 11.6 Å². The SMILES string of the molecule is N#Cc1cc(Nc2nc(NC3CC3)c3ncc(C#N)n3n2)c(Cl)c([C@H]2CCC[C@@H](N3CC(O)C3)C2)c1. The standard InChI is InChI=1S/C25H26ClN9O/c26-22-20(15-2-1-3-17(8-15)34-12-19(36)13-34)6-14(9-27)7-21(22)31-25-32-23(30-16-4-5-16)24-29-11-18(10-28)35(24)33-25/h6-7,11,15-17,19,36H,1-5,8,12-13H2,(H2,30,31,32,33)/t15-,17+/m0/s1. The summed E-state index contributed by atoms with van der Waals surface area (Å²) in [6, 6.07) is 8.71. The third kappa shape index (κ3) is 4.33. The van der Waals surface area contributed by atoms with Gasteiger partial charge in [-0.05, 0) is 55.7 Å². The quantitative estimate of drug-likeness (QED) is 0.461. The molecule has 11 heteroatoms. The van der Waals surface area contributed by atoms with Gasteiger partial charge < -0.3 is 15.7 Å². The molecule has 0 radical (unpaired) electrons. The van der Waals surface area contributed by atoms with Gasteiger partial charge in [0.25, 0.3) is 0 Å². The second-order valence-electron chi connectivity index (χ2n) is 9.98. The third-order valence-electron chi connectivity index (χ3n) is 7.36. The van der Waals surface area contributed by atoms with Gasteiger partial charge in [-0.25, -0.2) is 4.98 Å². The van der Waals surface area contributed by atoms with Gasteiger partial charge in [0.2, 0.25) is 5.95 Å². The first kappa shape index (κ1) is 23.0. The monoisotopic (exact) mass is 503 g/mol. The maximum Gasteiger partial charge on any atom is 0.247 e. The average Bonchev–Trinajstić information content (AvgIpc) is 3.59. The minimum atomic E-state index is -0.222. The Balaban J connectivity index is 1.33. The summed E-state index contributed by atoms with van der Waals surface area (Å²) < 4.78 is 1.47. The molecule has 1 saturated heterocycles. The lowest BCUT2D eigenvalue weighted by Crippen LogP contribution is -2.56. The number of anilines is 3. The van der Waals surface area contributed by atoms with Gasteiger partial charge in [-0.2, -0.15) is 20.0 Å². The number of nitrogens with one attached hydrogen (secondary N) is 2. The molecular weight excluding hydrogens is 478 g/mol. The minimum Gasteiger partial charge on any atom is -0.390 e. The van der Waals surface area contributed by atoms with Crippen molar-refractivity contribution < 1.29 is 5.11 Å². The Morgan fingerprint density at radius 3 is 2.67 bits per heavy atom. The van der Waals surface area contributed by atoms with Crippen LogP contribution in [0.2, 0.25) is 5.02 Å². The summed E-state index contributed by atoms with van der Waals surface area (Å²) in [5.74, 6) is 1.03. The van der Waals surface area contributed by atoms with E-state index in [1.165, 1.54) is 10.7 Å². The van der Waals surface area contributed by atoms with Crippen LogP contribution in [-0.4, -0.2) is 60.9 Å². The molecule has 1 aliphatic heterocycles. The number of imidazole rings is 1. The molecule has 0 spiro atoms. The van der Waals surface area contributed by atoms with E-state index in [2.05, 4.69) is 42.7 Å². The fourth-order valence-electron chi connectivity index (χ4n) is 5.31. The third-order valence-corrected chi connectivity index (χ3v) is 7.79. The van der Waals surface area contributed by atoms with Crippen molar-refractivity contribution in [3.63, 3.8) is 0 Å². The van der Waals surface area contributed by atoms with Crippen molar-refractivity contribution in [2.75, 3.05) is 23.7 Å².